The molecule has 1 heterocycles. The van der Waals surface area contributed by atoms with Crippen LogP contribution in [0.1, 0.15) is 11.5 Å². The lowest BCUT2D eigenvalue weighted by Gasteiger charge is -2.29. The molecular formula is C10H12BrNO. The van der Waals surface area contributed by atoms with Crippen LogP contribution in [0, 0.1) is 0 Å². The maximum atomic E-state index is 5.33. The molecule has 1 N–H and O–H groups in total. The molecule has 0 radical (unpaired) electrons. The summed E-state index contributed by atoms with van der Waals surface area (Å²) >= 11 is 3.56. The van der Waals surface area contributed by atoms with Crippen LogP contribution in [0.5, 0.6) is 5.75 Å². The third-order valence-corrected chi connectivity index (χ3v) is 3.11. The zero-order valence-electron chi connectivity index (χ0n) is 7.51. The topological polar surface area (TPSA) is 21.3 Å². The number of halogens is 1. The van der Waals surface area contributed by atoms with E-state index in [0.29, 0.717) is 5.92 Å². The molecule has 0 aromatic heterocycles. The van der Waals surface area contributed by atoms with E-state index in [1.807, 2.05) is 12.1 Å². The van der Waals surface area contributed by atoms with E-state index in [9.17, 15) is 0 Å². The summed E-state index contributed by atoms with van der Waals surface area (Å²) in [5.41, 5.74) is 1.30. The monoisotopic (exact) mass is 241 g/mol. The highest BCUT2D eigenvalue weighted by Crippen LogP contribution is 2.35. The van der Waals surface area contributed by atoms with Crippen molar-refractivity contribution in [1.29, 1.82) is 0 Å². The van der Waals surface area contributed by atoms with Crippen molar-refractivity contribution in [2.45, 2.75) is 5.92 Å². The van der Waals surface area contributed by atoms with Gasteiger partial charge in [-0.1, -0.05) is 22.0 Å². The second-order valence-corrected chi connectivity index (χ2v) is 4.07. The minimum atomic E-state index is 0.602. The first-order valence-corrected chi connectivity index (χ1v) is 5.15. The molecule has 0 atom stereocenters. The van der Waals surface area contributed by atoms with Crippen molar-refractivity contribution in [2.75, 3.05) is 20.2 Å². The number of benzene rings is 1. The van der Waals surface area contributed by atoms with Crippen molar-refractivity contribution >= 4 is 15.9 Å². The number of ether oxygens (including phenoxy) is 1. The van der Waals surface area contributed by atoms with Gasteiger partial charge >= 0.3 is 0 Å². The van der Waals surface area contributed by atoms with Gasteiger partial charge in [-0.25, -0.2) is 0 Å². The summed E-state index contributed by atoms with van der Waals surface area (Å²) < 4.78 is 6.48. The summed E-state index contributed by atoms with van der Waals surface area (Å²) in [6.45, 7) is 2.11. The lowest BCUT2D eigenvalue weighted by atomic mass is 9.93. The number of hydrogen-bond donors (Lipinski definition) is 1. The molecule has 2 nitrogen and oxygen atoms in total. The molecule has 1 aromatic carbocycles. The fourth-order valence-electron chi connectivity index (χ4n) is 1.58. The van der Waals surface area contributed by atoms with E-state index in [1.54, 1.807) is 7.11 Å². The number of hydrogen-bond acceptors (Lipinski definition) is 2. The van der Waals surface area contributed by atoms with Crippen LogP contribution in [0.4, 0.5) is 0 Å². The number of methoxy groups -OCH3 is 1. The quantitative estimate of drug-likeness (QED) is 0.857. The Labute approximate surface area is 86.4 Å². The standard InChI is InChI=1S/C10H12BrNO/c1-13-9-4-2-3-8(11)10(9)7-5-12-6-7/h2-4,7,12H,5-6H2,1H3. The lowest BCUT2D eigenvalue weighted by Crippen LogP contribution is -2.40. The SMILES string of the molecule is COc1cccc(Br)c1C1CNC1. The van der Waals surface area contributed by atoms with Gasteiger partial charge in [0.15, 0.2) is 0 Å². The minimum Gasteiger partial charge on any atom is -0.496 e. The average Bonchev–Trinajstić information content (AvgIpc) is 2.05. The molecule has 70 valence electrons. The van der Waals surface area contributed by atoms with Gasteiger partial charge < -0.3 is 10.1 Å². The fraction of sp³-hybridized carbons (Fsp3) is 0.400. The lowest BCUT2D eigenvalue weighted by molar-refractivity contribution is 0.384. The van der Waals surface area contributed by atoms with E-state index in [1.165, 1.54) is 5.56 Å². The average molecular weight is 242 g/mol. The Hall–Kier alpha value is -0.540. The van der Waals surface area contributed by atoms with Crippen molar-refractivity contribution in [2.24, 2.45) is 0 Å². The molecule has 0 aliphatic carbocycles. The largest absolute Gasteiger partial charge is 0.496 e. The summed E-state index contributed by atoms with van der Waals surface area (Å²) in [6.07, 6.45) is 0. The van der Waals surface area contributed by atoms with Crippen LogP contribution in [0.2, 0.25) is 0 Å². The van der Waals surface area contributed by atoms with E-state index in [0.717, 1.165) is 23.3 Å². The highest BCUT2D eigenvalue weighted by molar-refractivity contribution is 9.10. The van der Waals surface area contributed by atoms with E-state index < -0.39 is 0 Å². The summed E-state index contributed by atoms with van der Waals surface area (Å²) in [7, 11) is 1.72. The second-order valence-electron chi connectivity index (χ2n) is 3.21. The molecule has 1 saturated heterocycles. The van der Waals surface area contributed by atoms with Crippen molar-refractivity contribution in [3.63, 3.8) is 0 Å². The van der Waals surface area contributed by atoms with Crippen LogP contribution in [0.15, 0.2) is 22.7 Å². The normalized spacial score (nSPS) is 16.8. The van der Waals surface area contributed by atoms with Gasteiger partial charge in [0.25, 0.3) is 0 Å². The molecule has 0 spiro atoms. The van der Waals surface area contributed by atoms with Gasteiger partial charge in [-0.3, -0.25) is 0 Å². The molecule has 1 aliphatic rings. The van der Waals surface area contributed by atoms with Crippen LogP contribution in [-0.2, 0) is 0 Å². The fourth-order valence-corrected chi connectivity index (χ4v) is 2.26. The number of rotatable bonds is 2. The minimum absolute atomic E-state index is 0.602. The first-order chi connectivity index (χ1) is 6.33. The molecule has 2 rings (SSSR count). The molecule has 0 saturated carbocycles. The first kappa shape index (κ1) is 9.03. The first-order valence-electron chi connectivity index (χ1n) is 4.36. The molecule has 1 aliphatic heterocycles. The highest BCUT2D eigenvalue weighted by Gasteiger charge is 2.24. The maximum absolute atomic E-state index is 5.33. The van der Waals surface area contributed by atoms with Crippen LogP contribution in [0.3, 0.4) is 0 Å². The number of nitrogens with one attached hydrogen (secondary N) is 1. The van der Waals surface area contributed by atoms with E-state index >= 15 is 0 Å². The maximum Gasteiger partial charge on any atom is 0.123 e. The van der Waals surface area contributed by atoms with Gasteiger partial charge in [0.05, 0.1) is 7.11 Å². The van der Waals surface area contributed by atoms with Gasteiger partial charge in [0, 0.05) is 29.0 Å². The van der Waals surface area contributed by atoms with Gasteiger partial charge in [0.2, 0.25) is 0 Å². The van der Waals surface area contributed by atoms with Crippen LogP contribution in [-0.4, -0.2) is 20.2 Å². The molecule has 0 amide bonds. The van der Waals surface area contributed by atoms with E-state index in [4.69, 9.17) is 4.74 Å². The zero-order chi connectivity index (χ0) is 9.26. The van der Waals surface area contributed by atoms with Crippen molar-refractivity contribution in [3.8, 4) is 5.75 Å². The third kappa shape index (κ3) is 1.58. The van der Waals surface area contributed by atoms with Gasteiger partial charge in [0.1, 0.15) is 5.75 Å². The van der Waals surface area contributed by atoms with Crippen LogP contribution < -0.4 is 10.1 Å². The third-order valence-electron chi connectivity index (χ3n) is 2.42. The van der Waals surface area contributed by atoms with Crippen molar-refractivity contribution < 1.29 is 4.74 Å². The Morgan fingerprint density at radius 1 is 1.46 bits per heavy atom. The zero-order valence-corrected chi connectivity index (χ0v) is 9.10. The predicted molar refractivity (Wildman–Crippen MR) is 56.3 cm³/mol. The smallest absolute Gasteiger partial charge is 0.123 e. The Morgan fingerprint density at radius 2 is 2.23 bits per heavy atom. The summed E-state index contributed by atoms with van der Waals surface area (Å²) in [5, 5.41) is 3.26. The van der Waals surface area contributed by atoms with E-state index in [-0.39, 0.29) is 0 Å². The summed E-state index contributed by atoms with van der Waals surface area (Å²) in [6, 6.07) is 6.08. The molecule has 0 bridgehead atoms. The molecule has 1 fully saturated rings. The van der Waals surface area contributed by atoms with Gasteiger partial charge in [-0.2, -0.15) is 0 Å². The molecule has 1 aromatic rings. The predicted octanol–water partition coefficient (Wildman–Crippen LogP) is 2.14. The molecule has 13 heavy (non-hydrogen) atoms. The van der Waals surface area contributed by atoms with Crippen molar-refractivity contribution in [1.82, 2.24) is 5.32 Å². The van der Waals surface area contributed by atoms with Crippen molar-refractivity contribution in [3.05, 3.63) is 28.2 Å². The Morgan fingerprint density at radius 3 is 2.77 bits per heavy atom. The van der Waals surface area contributed by atoms with E-state index in [2.05, 4.69) is 27.3 Å². The summed E-state index contributed by atoms with van der Waals surface area (Å²) in [4.78, 5) is 0. The second kappa shape index (κ2) is 3.68. The van der Waals surface area contributed by atoms with Crippen LogP contribution in [0.25, 0.3) is 0 Å². The molecule has 3 heteroatoms. The Kier molecular flexibility index (Phi) is 2.56. The Balaban J connectivity index is 2.39. The van der Waals surface area contributed by atoms with Gasteiger partial charge in [-0.15, -0.1) is 0 Å². The Bertz CT molecular complexity index is 310. The van der Waals surface area contributed by atoms with Crippen LogP contribution >= 0.6 is 15.9 Å². The highest BCUT2D eigenvalue weighted by atomic mass is 79.9. The molecule has 0 unspecified atom stereocenters. The molecular weight excluding hydrogens is 230 g/mol. The summed E-state index contributed by atoms with van der Waals surface area (Å²) in [5.74, 6) is 1.59. The van der Waals surface area contributed by atoms with Gasteiger partial charge in [-0.05, 0) is 12.1 Å².